The lowest BCUT2D eigenvalue weighted by molar-refractivity contribution is -0.0283. The van der Waals surface area contributed by atoms with Gasteiger partial charge >= 0.3 is 6.09 Å². The Morgan fingerprint density at radius 1 is 1.33 bits per heavy atom. The van der Waals surface area contributed by atoms with E-state index in [2.05, 4.69) is 4.98 Å². The zero-order valence-electron chi connectivity index (χ0n) is 13.9. The van der Waals surface area contributed by atoms with Gasteiger partial charge in [-0.05, 0) is 32.9 Å². The average Bonchev–Trinajstić information content (AvgIpc) is 2.52. The molecule has 2 amide bonds. The summed E-state index contributed by atoms with van der Waals surface area (Å²) < 4.78 is 32.1. The van der Waals surface area contributed by atoms with E-state index in [1.54, 1.807) is 26.8 Å². The fourth-order valence-corrected chi connectivity index (χ4v) is 2.43. The first-order valence-electron chi connectivity index (χ1n) is 7.66. The van der Waals surface area contributed by atoms with Gasteiger partial charge in [0.2, 0.25) is 0 Å². The predicted molar refractivity (Wildman–Crippen MR) is 82.9 cm³/mol. The first kappa shape index (κ1) is 18.1. The van der Waals surface area contributed by atoms with Crippen molar-refractivity contribution >= 4 is 12.0 Å². The molecule has 6 nitrogen and oxygen atoms in total. The molecule has 0 spiro atoms. The van der Waals surface area contributed by atoms with Gasteiger partial charge in [0.25, 0.3) is 12.3 Å². The van der Waals surface area contributed by atoms with Gasteiger partial charge in [0.05, 0.1) is 12.1 Å². The van der Waals surface area contributed by atoms with E-state index in [1.807, 2.05) is 0 Å². The number of halogens is 2. The van der Waals surface area contributed by atoms with Crippen molar-refractivity contribution in [1.29, 1.82) is 0 Å². The second-order valence-corrected chi connectivity index (χ2v) is 6.57. The molecule has 1 aliphatic rings. The number of ether oxygens (including phenoxy) is 1. The number of hydrogen-bond acceptors (Lipinski definition) is 4. The van der Waals surface area contributed by atoms with Crippen LogP contribution in [0.1, 0.15) is 31.1 Å². The first-order chi connectivity index (χ1) is 11.2. The van der Waals surface area contributed by atoms with E-state index in [0.717, 1.165) is 4.90 Å². The molecule has 0 N–H and O–H groups in total. The van der Waals surface area contributed by atoms with Crippen LogP contribution in [-0.2, 0) is 4.74 Å². The molecule has 1 aromatic rings. The third-order valence-electron chi connectivity index (χ3n) is 3.53. The summed E-state index contributed by atoms with van der Waals surface area (Å²) in [6.45, 7) is 5.01. The molecule has 0 radical (unpaired) electrons. The molecule has 0 aromatic carbocycles. The molecule has 1 fully saturated rings. The third kappa shape index (κ3) is 4.39. The second kappa shape index (κ2) is 7.11. The van der Waals surface area contributed by atoms with Crippen LogP contribution in [0.2, 0.25) is 0 Å². The second-order valence-electron chi connectivity index (χ2n) is 6.57. The maximum atomic E-state index is 13.4. The lowest BCUT2D eigenvalue weighted by Gasteiger charge is -2.41. The minimum absolute atomic E-state index is 0.0159. The standard InChI is InChI=1S/C16H21F2N3O3/c1-16(2,3)24-15(23)20-7-8-21(12(10-20)13(17)18)14(22)11-5-4-6-19-9-11/h4-6,9,12-13H,7-8,10H2,1-3H3/t12-/m1/s1. The number of pyridine rings is 1. The number of alkyl halides is 2. The van der Waals surface area contributed by atoms with Gasteiger partial charge in [0.1, 0.15) is 11.6 Å². The summed E-state index contributed by atoms with van der Waals surface area (Å²) in [5.74, 6) is -0.516. The van der Waals surface area contributed by atoms with Crippen LogP contribution < -0.4 is 0 Å². The number of aromatic nitrogens is 1. The van der Waals surface area contributed by atoms with Crippen molar-refractivity contribution in [3.05, 3.63) is 30.1 Å². The van der Waals surface area contributed by atoms with E-state index in [9.17, 15) is 18.4 Å². The number of piperazine rings is 1. The molecule has 0 unspecified atom stereocenters. The lowest BCUT2D eigenvalue weighted by Crippen LogP contribution is -2.59. The van der Waals surface area contributed by atoms with E-state index < -0.39 is 30.1 Å². The normalized spacial score (nSPS) is 18.7. The van der Waals surface area contributed by atoms with Gasteiger partial charge in [-0.15, -0.1) is 0 Å². The van der Waals surface area contributed by atoms with E-state index in [1.165, 1.54) is 23.4 Å². The molecule has 8 heteroatoms. The summed E-state index contributed by atoms with van der Waals surface area (Å²) in [5, 5.41) is 0. The Balaban J connectivity index is 2.11. The molecular weight excluding hydrogens is 320 g/mol. The molecule has 132 valence electrons. The van der Waals surface area contributed by atoms with Crippen LogP contribution in [-0.4, -0.2) is 64.5 Å². The largest absolute Gasteiger partial charge is 0.444 e. The molecule has 0 bridgehead atoms. The minimum atomic E-state index is -2.77. The van der Waals surface area contributed by atoms with Gasteiger partial charge < -0.3 is 14.5 Å². The molecule has 2 heterocycles. The summed E-state index contributed by atoms with van der Waals surface area (Å²) in [6.07, 6.45) is -0.579. The maximum Gasteiger partial charge on any atom is 0.410 e. The number of hydrogen-bond donors (Lipinski definition) is 0. The smallest absolute Gasteiger partial charge is 0.410 e. The molecule has 0 aliphatic carbocycles. The minimum Gasteiger partial charge on any atom is -0.444 e. The average molecular weight is 341 g/mol. The number of carbonyl (C=O) groups excluding carboxylic acids is 2. The van der Waals surface area contributed by atoms with E-state index >= 15 is 0 Å². The van der Waals surface area contributed by atoms with Crippen LogP contribution >= 0.6 is 0 Å². The number of amides is 2. The molecule has 0 saturated carbocycles. The first-order valence-corrected chi connectivity index (χ1v) is 7.66. The van der Waals surface area contributed by atoms with Crippen LogP contribution in [0.25, 0.3) is 0 Å². The van der Waals surface area contributed by atoms with Gasteiger partial charge in [-0.25, -0.2) is 13.6 Å². The van der Waals surface area contributed by atoms with Gasteiger partial charge in [-0.1, -0.05) is 0 Å². The molecule has 1 atom stereocenters. The zero-order chi connectivity index (χ0) is 17.9. The van der Waals surface area contributed by atoms with Crippen molar-refractivity contribution in [3.63, 3.8) is 0 Å². The summed E-state index contributed by atoms with van der Waals surface area (Å²) in [6, 6.07) is 1.72. The molecule has 2 rings (SSSR count). The number of carbonyl (C=O) groups is 2. The lowest BCUT2D eigenvalue weighted by atomic mass is 10.1. The highest BCUT2D eigenvalue weighted by Crippen LogP contribution is 2.21. The SMILES string of the molecule is CC(C)(C)OC(=O)N1CCN(C(=O)c2cccnc2)[C@@H](C(F)F)C1. The van der Waals surface area contributed by atoms with E-state index in [4.69, 9.17) is 4.74 Å². The Morgan fingerprint density at radius 3 is 2.58 bits per heavy atom. The topological polar surface area (TPSA) is 62.7 Å². The van der Waals surface area contributed by atoms with E-state index in [0.29, 0.717) is 0 Å². The molecular formula is C16H21F2N3O3. The highest BCUT2D eigenvalue weighted by molar-refractivity contribution is 5.94. The molecule has 1 aromatic heterocycles. The summed E-state index contributed by atoms with van der Waals surface area (Å²) in [5.41, 5.74) is -0.464. The van der Waals surface area contributed by atoms with Crippen molar-refractivity contribution in [3.8, 4) is 0 Å². The summed E-state index contributed by atoms with van der Waals surface area (Å²) >= 11 is 0. The zero-order valence-corrected chi connectivity index (χ0v) is 13.9. The van der Waals surface area contributed by atoms with Crippen LogP contribution in [0, 0.1) is 0 Å². The van der Waals surface area contributed by atoms with Crippen molar-refractivity contribution in [2.24, 2.45) is 0 Å². The highest BCUT2D eigenvalue weighted by Gasteiger charge is 2.39. The quantitative estimate of drug-likeness (QED) is 0.829. The monoisotopic (exact) mass is 341 g/mol. The van der Waals surface area contributed by atoms with Crippen molar-refractivity contribution in [2.75, 3.05) is 19.6 Å². The molecule has 1 saturated heterocycles. The third-order valence-corrected chi connectivity index (χ3v) is 3.53. The molecule has 1 aliphatic heterocycles. The fourth-order valence-electron chi connectivity index (χ4n) is 2.43. The van der Waals surface area contributed by atoms with Crippen LogP contribution in [0.4, 0.5) is 13.6 Å². The van der Waals surface area contributed by atoms with Crippen molar-refractivity contribution in [1.82, 2.24) is 14.8 Å². The fraction of sp³-hybridized carbons (Fsp3) is 0.562. The maximum absolute atomic E-state index is 13.4. The van der Waals surface area contributed by atoms with Crippen LogP contribution in [0.5, 0.6) is 0 Å². The number of nitrogens with zero attached hydrogens (tertiary/aromatic N) is 3. The van der Waals surface area contributed by atoms with Gasteiger partial charge in [0.15, 0.2) is 0 Å². The van der Waals surface area contributed by atoms with Crippen molar-refractivity contribution in [2.45, 2.75) is 38.8 Å². The number of rotatable bonds is 2. The summed E-state index contributed by atoms with van der Waals surface area (Å²) in [7, 11) is 0. The Bertz CT molecular complexity index is 590. The van der Waals surface area contributed by atoms with Gasteiger partial charge in [-0.3, -0.25) is 9.78 Å². The molecule has 24 heavy (non-hydrogen) atoms. The van der Waals surface area contributed by atoms with Crippen molar-refractivity contribution < 1.29 is 23.1 Å². The Kier molecular flexibility index (Phi) is 5.36. The highest BCUT2D eigenvalue weighted by atomic mass is 19.3. The predicted octanol–water partition coefficient (Wildman–Crippen LogP) is 2.41. The Hall–Kier alpha value is -2.25. The Morgan fingerprint density at radius 2 is 2.04 bits per heavy atom. The van der Waals surface area contributed by atoms with E-state index in [-0.39, 0.29) is 25.2 Å². The van der Waals surface area contributed by atoms with Gasteiger partial charge in [0, 0.05) is 25.5 Å². The van der Waals surface area contributed by atoms with Crippen LogP contribution in [0.15, 0.2) is 24.5 Å². The van der Waals surface area contributed by atoms with Gasteiger partial charge in [-0.2, -0.15) is 0 Å². The Labute approximate surface area is 139 Å². The summed E-state index contributed by atoms with van der Waals surface area (Å²) in [4.78, 5) is 30.7. The van der Waals surface area contributed by atoms with Crippen LogP contribution in [0.3, 0.4) is 0 Å².